The Morgan fingerprint density at radius 1 is 1.36 bits per heavy atom. The molecule has 0 spiro atoms. The van der Waals surface area contributed by atoms with Gasteiger partial charge < -0.3 is 20.1 Å². The Morgan fingerprint density at radius 2 is 2.20 bits per heavy atom. The van der Waals surface area contributed by atoms with Crippen molar-refractivity contribution in [3.8, 4) is 5.75 Å². The van der Waals surface area contributed by atoms with E-state index in [0.29, 0.717) is 47.2 Å². The number of anilines is 1. The van der Waals surface area contributed by atoms with E-state index < -0.39 is 0 Å². The van der Waals surface area contributed by atoms with Crippen molar-refractivity contribution in [1.82, 2.24) is 5.32 Å². The highest BCUT2D eigenvalue weighted by Gasteiger charge is 2.17. The van der Waals surface area contributed by atoms with Crippen molar-refractivity contribution in [2.45, 2.75) is 20.0 Å². The summed E-state index contributed by atoms with van der Waals surface area (Å²) in [4.78, 5) is 12.0. The van der Waals surface area contributed by atoms with Gasteiger partial charge in [0.25, 0.3) is 0 Å². The van der Waals surface area contributed by atoms with Gasteiger partial charge in [0.1, 0.15) is 11.6 Å². The molecule has 2 N–H and O–H groups in total. The third kappa shape index (κ3) is 4.21. The summed E-state index contributed by atoms with van der Waals surface area (Å²) in [6.07, 6.45) is 0.446. The predicted molar refractivity (Wildman–Crippen MR) is 93.6 cm³/mol. The molecule has 5 nitrogen and oxygen atoms in total. The topological polar surface area (TPSA) is 59.6 Å². The molecule has 0 unspecified atom stereocenters. The molecule has 2 aromatic rings. The van der Waals surface area contributed by atoms with E-state index in [4.69, 9.17) is 21.1 Å². The summed E-state index contributed by atoms with van der Waals surface area (Å²) in [5, 5.41) is 6.09. The van der Waals surface area contributed by atoms with Crippen molar-refractivity contribution < 1.29 is 18.7 Å². The molecule has 0 radical (unpaired) electrons. The number of rotatable bonds is 4. The van der Waals surface area contributed by atoms with Gasteiger partial charge in [0.2, 0.25) is 0 Å². The molecule has 25 heavy (non-hydrogen) atoms. The third-order valence-electron chi connectivity index (χ3n) is 3.95. The van der Waals surface area contributed by atoms with E-state index in [2.05, 4.69) is 10.6 Å². The molecule has 0 saturated carbocycles. The first-order valence-corrected chi connectivity index (χ1v) is 8.24. The Hall–Kier alpha value is -2.31. The zero-order valence-corrected chi connectivity index (χ0v) is 14.5. The van der Waals surface area contributed by atoms with Crippen LogP contribution in [0.15, 0.2) is 30.3 Å². The van der Waals surface area contributed by atoms with Crippen LogP contribution in [0.25, 0.3) is 0 Å². The summed E-state index contributed by atoms with van der Waals surface area (Å²) in [6, 6.07) is 7.78. The van der Waals surface area contributed by atoms with E-state index in [1.54, 1.807) is 18.2 Å². The molecule has 0 bridgehead atoms. The van der Waals surface area contributed by atoms with Crippen molar-refractivity contribution in [3.05, 3.63) is 57.9 Å². The van der Waals surface area contributed by atoms with Crippen LogP contribution in [0.2, 0.25) is 5.02 Å². The van der Waals surface area contributed by atoms with Gasteiger partial charge in [-0.2, -0.15) is 0 Å². The van der Waals surface area contributed by atoms with Crippen molar-refractivity contribution in [3.63, 3.8) is 0 Å². The lowest BCUT2D eigenvalue weighted by Crippen LogP contribution is -2.31. The number of halogens is 2. The lowest BCUT2D eigenvalue weighted by molar-refractivity contribution is -0.0172. The molecule has 2 aromatic carbocycles. The SMILES string of the molecule is Cc1c(Cl)cccc1NC(=O)NCCc1cc(F)cc2c1OCOC2. The van der Waals surface area contributed by atoms with Crippen molar-refractivity contribution in [1.29, 1.82) is 0 Å². The highest BCUT2D eigenvalue weighted by Crippen LogP contribution is 2.29. The third-order valence-corrected chi connectivity index (χ3v) is 4.36. The largest absolute Gasteiger partial charge is 0.467 e. The second-order valence-corrected chi connectivity index (χ2v) is 6.11. The highest BCUT2D eigenvalue weighted by atomic mass is 35.5. The monoisotopic (exact) mass is 364 g/mol. The summed E-state index contributed by atoms with van der Waals surface area (Å²) < 4.78 is 24.3. The van der Waals surface area contributed by atoms with E-state index in [1.165, 1.54) is 12.1 Å². The van der Waals surface area contributed by atoms with Crippen LogP contribution in [0, 0.1) is 12.7 Å². The summed E-state index contributed by atoms with van der Waals surface area (Å²) in [7, 11) is 0. The Bertz CT molecular complexity index is 798. The molecule has 0 aliphatic carbocycles. The molecule has 0 saturated heterocycles. The minimum atomic E-state index is -0.347. The average molecular weight is 365 g/mol. The zero-order chi connectivity index (χ0) is 17.8. The van der Waals surface area contributed by atoms with Crippen LogP contribution in [0.3, 0.4) is 0 Å². The van der Waals surface area contributed by atoms with E-state index in [9.17, 15) is 9.18 Å². The summed E-state index contributed by atoms with van der Waals surface area (Å²) >= 11 is 6.03. The molecule has 3 rings (SSSR count). The second-order valence-electron chi connectivity index (χ2n) is 5.71. The molecule has 0 fully saturated rings. The first-order valence-electron chi connectivity index (χ1n) is 7.86. The maximum Gasteiger partial charge on any atom is 0.319 e. The molecule has 7 heteroatoms. The Kier molecular flexibility index (Phi) is 5.40. The van der Waals surface area contributed by atoms with Gasteiger partial charge in [0.05, 0.1) is 6.61 Å². The number of carbonyl (C=O) groups is 1. The zero-order valence-electron chi connectivity index (χ0n) is 13.7. The van der Waals surface area contributed by atoms with Crippen molar-refractivity contribution >= 4 is 23.3 Å². The Morgan fingerprint density at radius 3 is 3.04 bits per heavy atom. The number of hydrogen-bond donors (Lipinski definition) is 2. The number of urea groups is 1. The maximum atomic E-state index is 13.7. The highest BCUT2D eigenvalue weighted by molar-refractivity contribution is 6.31. The fourth-order valence-electron chi connectivity index (χ4n) is 2.66. The van der Waals surface area contributed by atoms with Crippen LogP contribution in [-0.4, -0.2) is 19.4 Å². The van der Waals surface area contributed by atoms with Gasteiger partial charge in [-0.05, 0) is 48.7 Å². The minimum Gasteiger partial charge on any atom is -0.467 e. The second kappa shape index (κ2) is 7.72. The summed E-state index contributed by atoms with van der Waals surface area (Å²) in [5.41, 5.74) is 2.83. The maximum absolute atomic E-state index is 13.7. The number of hydrogen-bond acceptors (Lipinski definition) is 3. The number of nitrogens with one attached hydrogen (secondary N) is 2. The van der Waals surface area contributed by atoms with Crippen LogP contribution in [0.1, 0.15) is 16.7 Å². The molecule has 0 aromatic heterocycles. The first-order chi connectivity index (χ1) is 12.0. The van der Waals surface area contributed by atoms with Crippen molar-refractivity contribution in [2.75, 3.05) is 18.7 Å². The number of amides is 2. The Labute approximate surface area is 150 Å². The fraction of sp³-hybridized carbons (Fsp3) is 0.278. The summed E-state index contributed by atoms with van der Waals surface area (Å²) in [6.45, 7) is 2.64. The quantitative estimate of drug-likeness (QED) is 0.861. The molecular formula is C18H18ClFN2O3. The number of benzene rings is 2. The van der Waals surface area contributed by atoms with E-state index in [0.717, 1.165) is 5.56 Å². The molecule has 0 atom stereocenters. The molecule has 1 aliphatic rings. The smallest absolute Gasteiger partial charge is 0.319 e. The minimum absolute atomic E-state index is 0.146. The van der Waals surface area contributed by atoms with Gasteiger partial charge in [-0.3, -0.25) is 0 Å². The van der Waals surface area contributed by atoms with Crippen LogP contribution in [0.5, 0.6) is 5.75 Å². The normalized spacial score (nSPS) is 12.9. The number of ether oxygens (including phenoxy) is 2. The summed E-state index contributed by atoms with van der Waals surface area (Å²) in [5.74, 6) is 0.294. The van der Waals surface area contributed by atoms with Crippen LogP contribution in [0.4, 0.5) is 14.9 Å². The van der Waals surface area contributed by atoms with E-state index in [1.807, 2.05) is 6.92 Å². The van der Waals surface area contributed by atoms with Gasteiger partial charge in [-0.25, -0.2) is 9.18 Å². The van der Waals surface area contributed by atoms with Gasteiger partial charge in [-0.15, -0.1) is 0 Å². The van der Waals surface area contributed by atoms with Gasteiger partial charge in [0, 0.05) is 22.8 Å². The van der Waals surface area contributed by atoms with Crippen molar-refractivity contribution in [2.24, 2.45) is 0 Å². The molecule has 1 heterocycles. The first kappa shape index (κ1) is 17.5. The standard InChI is InChI=1S/C18H18ClFN2O3/c1-11-15(19)3-2-4-16(11)22-18(23)21-6-5-12-7-14(20)8-13-9-24-10-25-17(12)13/h2-4,7-8H,5-6,9-10H2,1H3,(H2,21,22,23). The molecular weight excluding hydrogens is 347 g/mol. The van der Waals surface area contributed by atoms with E-state index in [-0.39, 0.29) is 18.6 Å². The van der Waals surface area contributed by atoms with E-state index >= 15 is 0 Å². The lowest BCUT2D eigenvalue weighted by atomic mass is 10.1. The van der Waals surface area contributed by atoms with Gasteiger partial charge in [0.15, 0.2) is 6.79 Å². The number of fused-ring (bicyclic) bond motifs is 1. The van der Waals surface area contributed by atoms with Gasteiger partial charge in [-0.1, -0.05) is 17.7 Å². The fourth-order valence-corrected chi connectivity index (χ4v) is 2.84. The lowest BCUT2D eigenvalue weighted by Gasteiger charge is -2.21. The predicted octanol–water partition coefficient (Wildman–Crippen LogP) is 4.02. The van der Waals surface area contributed by atoms with Crippen LogP contribution >= 0.6 is 11.6 Å². The van der Waals surface area contributed by atoms with Gasteiger partial charge >= 0.3 is 6.03 Å². The van der Waals surface area contributed by atoms with Crippen LogP contribution in [-0.2, 0) is 17.8 Å². The molecule has 2 amide bonds. The molecule has 1 aliphatic heterocycles. The molecule has 132 valence electrons. The average Bonchev–Trinajstić information content (AvgIpc) is 2.59. The van der Waals surface area contributed by atoms with Crippen LogP contribution < -0.4 is 15.4 Å². The number of carbonyl (C=O) groups excluding carboxylic acids is 1. The Balaban J connectivity index is 1.59.